The molecule has 1 fully saturated rings. The topological polar surface area (TPSA) is 88.0 Å². The SMILES string of the molecule is CC(C)n1cc(CNC(=O)N2CCC(n3c(=O)[nH]c4ccccc43)CC2)cn1. The van der Waals surface area contributed by atoms with Crippen LogP contribution in [0.25, 0.3) is 11.0 Å². The quantitative estimate of drug-likeness (QED) is 0.727. The maximum absolute atomic E-state index is 12.5. The maximum atomic E-state index is 12.5. The van der Waals surface area contributed by atoms with Crippen LogP contribution in [0.5, 0.6) is 0 Å². The average molecular weight is 382 g/mol. The second kappa shape index (κ2) is 7.53. The number of piperidine rings is 1. The van der Waals surface area contributed by atoms with Crippen molar-refractivity contribution in [2.75, 3.05) is 13.1 Å². The lowest BCUT2D eigenvalue weighted by atomic mass is 10.0. The summed E-state index contributed by atoms with van der Waals surface area (Å²) in [6.45, 7) is 5.87. The highest BCUT2D eigenvalue weighted by atomic mass is 16.2. The summed E-state index contributed by atoms with van der Waals surface area (Å²) in [7, 11) is 0. The number of benzene rings is 1. The summed E-state index contributed by atoms with van der Waals surface area (Å²) in [5.41, 5.74) is 2.70. The number of imidazole rings is 1. The van der Waals surface area contributed by atoms with Crippen molar-refractivity contribution in [2.24, 2.45) is 0 Å². The Labute approximate surface area is 163 Å². The van der Waals surface area contributed by atoms with Crippen LogP contribution >= 0.6 is 0 Å². The van der Waals surface area contributed by atoms with Crippen molar-refractivity contribution in [3.63, 3.8) is 0 Å². The van der Waals surface area contributed by atoms with Gasteiger partial charge in [-0.1, -0.05) is 12.1 Å². The van der Waals surface area contributed by atoms with Gasteiger partial charge in [-0.25, -0.2) is 9.59 Å². The van der Waals surface area contributed by atoms with Gasteiger partial charge in [-0.15, -0.1) is 0 Å². The van der Waals surface area contributed by atoms with E-state index >= 15 is 0 Å². The fraction of sp³-hybridized carbons (Fsp3) is 0.450. The molecular weight excluding hydrogens is 356 g/mol. The number of nitrogens with one attached hydrogen (secondary N) is 2. The van der Waals surface area contributed by atoms with Gasteiger partial charge in [0.2, 0.25) is 0 Å². The minimum Gasteiger partial charge on any atom is -0.334 e. The number of carbonyl (C=O) groups excluding carboxylic acids is 1. The number of fused-ring (bicyclic) bond motifs is 1. The van der Waals surface area contributed by atoms with E-state index in [1.807, 2.05) is 44.6 Å². The number of amides is 2. The molecule has 2 N–H and O–H groups in total. The molecule has 0 unspecified atom stereocenters. The Morgan fingerprint density at radius 3 is 2.75 bits per heavy atom. The first kappa shape index (κ1) is 18.3. The van der Waals surface area contributed by atoms with Crippen LogP contribution in [0.3, 0.4) is 0 Å². The zero-order valence-electron chi connectivity index (χ0n) is 16.3. The molecule has 8 nitrogen and oxygen atoms in total. The number of hydrogen-bond acceptors (Lipinski definition) is 3. The summed E-state index contributed by atoms with van der Waals surface area (Å²) in [6, 6.07) is 8.08. The van der Waals surface area contributed by atoms with Gasteiger partial charge in [0.05, 0.1) is 17.2 Å². The molecule has 0 radical (unpaired) electrons. The molecular formula is C20H26N6O2. The number of likely N-dealkylation sites (tertiary alicyclic amines) is 1. The molecule has 0 atom stereocenters. The van der Waals surface area contributed by atoms with Crippen LogP contribution in [0.2, 0.25) is 0 Å². The molecule has 28 heavy (non-hydrogen) atoms. The van der Waals surface area contributed by atoms with Gasteiger partial charge in [-0.2, -0.15) is 5.10 Å². The second-order valence-electron chi connectivity index (χ2n) is 7.62. The van der Waals surface area contributed by atoms with Crippen LogP contribution in [0.1, 0.15) is 44.3 Å². The lowest BCUT2D eigenvalue weighted by Crippen LogP contribution is -2.45. The van der Waals surface area contributed by atoms with Crippen LogP contribution in [0.15, 0.2) is 41.5 Å². The molecule has 1 aliphatic rings. The minimum atomic E-state index is -0.0775. The fourth-order valence-electron chi connectivity index (χ4n) is 3.80. The van der Waals surface area contributed by atoms with Gasteiger partial charge in [-0.3, -0.25) is 9.25 Å². The van der Waals surface area contributed by atoms with Gasteiger partial charge in [0.25, 0.3) is 0 Å². The Bertz CT molecular complexity index is 1020. The van der Waals surface area contributed by atoms with Gasteiger partial charge < -0.3 is 15.2 Å². The molecule has 0 bridgehead atoms. The van der Waals surface area contributed by atoms with E-state index in [1.54, 1.807) is 6.20 Å². The Morgan fingerprint density at radius 2 is 2.04 bits per heavy atom. The second-order valence-corrected chi connectivity index (χ2v) is 7.62. The number of urea groups is 1. The number of aromatic amines is 1. The summed E-state index contributed by atoms with van der Waals surface area (Å²) in [5.74, 6) is 0. The van der Waals surface area contributed by atoms with E-state index in [2.05, 4.69) is 29.2 Å². The van der Waals surface area contributed by atoms with Gasteiger partial charge in [0.1, 0.15) is 0 Å². The number of rotatable bonds is 4. The van der Waals surface area contributed by atoms with E-state index in [0.717, 1.165) is 29.4 Å². The molecule has 3 aromatic rings. The summed E-state index contributed by atoms with van der Waals surface area (Å²) in [4.78, 5) is 29.6. The highest BCUT2D eigenvalue weighted by Crippen LogP contribution is 2.24. The molecule has 4 rings (SSSR count). The molecule has 0 spiro atoms. The summed E-state index contributed by atoms with van der Waals surface area (Å²) in [5, 5.41) is 7.26. The number of carbonyl (C=O) groups is 1. The van der Waals surface area contributed by atoms with E-state index in [4.69, 9.17) is 0 Å². The smallest absolute Gasteiger partial charge is 0.326 e. The first-order valence-electron chi connectivity index (χ1n) is 9.78. The number of nitrogens with zero attached hydrogens (tertiary/aromatic N) is 4. The lowest BCUT2D eigenvalue weighted by Gasteiger charge is -2.32. The van der Waals surface area contributed by atoms with E-state index in [-0.39, 0.29) is 17.8 Å². The first-order valence-corrected chi connectivity index (χ1v) is 9.78. The van der Waals surface area contributed by atoms with Crippen LogP contribution < -0.4 is 11.0 Å². The minimum absolute atomic E-state index is 0.0676. The third-order valence-electron chi connectivity index (χ3n) is 5.37. The number of hydrogen-bond donors (Lipinski definition) is 2. The fourth-order valence-corrected chi connectivity index (χ4v) is 3.80. The third-order valence-corrected chi connectivity index (χ3v) is 5.37. The molecule has 0 saturated carbocycles. The third kappa shape index (κ3) is 3.54. The van der Waals surface area contributed by atoms with Gasteiger partial charge in [0.15, 0.2) is 0 Å². The van der Waals surface area contributed by atoms with Gasteiger partial charge in [-0.05, 0) is 38.8 Å². The normalized spacial score (nSPS) is 15.5. The Balaban J connectivity index is 1.35. The monoisotopic (exact) mass is 382 g/mol. The van der Waals surface area contributed by atoms with Crippen molar-refractivity contribution in [1.82, 2.24) is 29.5 Å². The zero-order valence-corrected chi connectivity index (χ0v) is 16.3. The Morgan fingerprint density at radius 1 is 1.29 bits per heavy atom. The maximum Gasteiger partial charge on any atom is 0.326 e. The molecule has 2 aromatic heterocycles. The van der Waals surface area contributed by atoms with Crippen LogP contribution in [-0.4, -0.2) is 43.4 Å². The van der Waals surface area contributed by atoms with Crippen molar-refractivity contribution < 1.29 is 4.79 Å². The highest BCUT2D eigenvalue weighted by Gasteiger charge is 2.26. The molecule has 0 aliphatic carbocycles. The molecule has 1 aromatic carbocycles. The lowest BCUT2D eigenvalue weighted by molar-refractivity contribution is 0.171. The van der Waals surface area contributed by atoms with Crippen molar-refractivity contribution in [3.05, 3.63) is 52.7 Å². The number of H-pyrrole nitrogens is 1. The van der Waals surface area contributed by atoms with E-state index in [9.17, 15) is 9.59 Å². The molecule has 148 valence electrons. The standard InChI is InChI=1S/C20H26N6O2/c1-14(2)25-13-15(12-22-25)11-21-19(27)24-9-7-16(8-10-24)26-18-6-4-3-5-17(18)23-20(26)28/h3-6,12-14,16H,7-11H2,1-2H3,(H,21,27)(H,23,28). The Hall–Kier alpha value is -3.03. The Kier molecular flexibility index (Phi) is 4.93. The number of aromatic nitrogens is 4. The summed E-state index contributed by atoms with van der Waals surface area (Å²) in [6.07, 6.45) is 5.28. The van der Waals surface area contributed by atoms with E-state index < -0.39 is 0 Å². The predicted molar refractivity (Wildman–Crippen MR) is 107 cm³/mol. The summed E-state index contributed by atoms with van der Waals surface area (Å²) < 4.78 is 3.72. The van der Waals surface area contributed by atoms with Crippen LogP contribution in [-0.2, 0) is 6.54 Å². The predicted octanol–water partition coefficient (Wildman–Crippen LogP) is 2.65. The highest BCUT2D eigenvalue weighted by molar-refractivity contribution is 5.75. The summed E-state index contributed by atoms with van der Waals surface area (Å²) >= 11 is 0. The van der Waals surface area contributed by atoms with Crippen LogP contribution in [0.4, 0.5) is 4.79 Å². The van der Waals surface area contributed by atoms with Crippen molar-refractivity contribution in [3.8, 4) is 0 Å². The molecule has 1 aliphatic heterocycles. The van der Waals surface area contributed by atoms with Crippen LogP contribution in [0, 0.1) is 0 Å². The zero-order chi connectivity index (χ0) is 19.7. The molecule has 3 heterocycles. The van der Waals surface area contributed by atoms with Crippen molar-refractivity contribution >= 4 is 17.1 Å². The van der Waals surface area contributed by atoms with E-state index in [0.29, 0.717) is 25.7 Å². The average Bonchev–Trinajstić information content (AvgIpc) is 3.30. The number of para-hydroxylation sites is 2. The first-order chi connectivity index (χ1) is 13.5. The molecule has 2 amide bonds. The molecule has 1 saturated heterocycles. The van der Waals surface area contributed by atoms with E-state index in [1.165, 1.54) is 0 Å². The van der Waals surface area contributed by atoms with Gasteiger partial charge in [0, 0.05) is 43.5 Å². The molecule has 8 heteroatoms. The van der Waals surface area contributed by atoms with Crippen molar-refractivity contribution in [2.45, 2.75) is 45.3 Å². The largest absolute Gasteiger partial charge is 0.334 e. The van der Waals surface area contributed by atoms with Gasteiger partial charge >= 0.3 is 11.7 Å². The van der Waals surface area contributed by atoms with Crippen molar-refractivity contribution in [1.29, 1.82) is 0 Å².